The zero-order chi connectivity index (χ0) is 14.5. The highest BCUT2D eigenvalue weighted by Gasteiger charge is 2.30. The molecule has 1 heterocycles. The molecule has 0 amide bonds. The number of hydrogen-bond acceptors (Lipinski definition) is 3. The SMILES string of the molecule is CCC(c1ccc(OC)cc1)N1CC(CN)CCC1C. The minimum absolute atomic E-state index is 0.491. The highest BCUT2D eigenvalue weighted by Crippen LogP contribution is 2.33. The summed E-state index contributed by atoms with van der Waals surface area (Å²) in [7, 11) is 1.71. The average Bonchev–Trinajstić information content (AvgIpc) is 2.50. The summed E-state index contributed by atoms with van der Waals surface area (Å²) in [6, 6.07) is 9.66. The zero-order valence-electron chi connectivity index (χ0n) is 13.0. The number of rotatable bonds is 5. The second kappa shape index (κ2) is 7.09. The predicted octanol–water partition coefficient (Wildman–Crippen LogP) is 3.21. The van der Waals surface area contributed by atoms with Gasteiger partial charge in [-0.1, -0.05) is 19.1 Å². The maximum Gasteiger partial charge on any atom is 0.118 e. The Morgan fingerprint density at radius 3 is 2.55 bits per heavy atom. The largest absolute Gasteiger partial charge is 0.497 e. The maximum atomic E-state index is 5.89. The highest BCUT2D eigenvalue weighted by atomic mass is 16.5. The van der Waals surface area contributed by atoms with E-state index in [1.807, 2.05) is 0 Å². The Kier molecular flexibility index (Phi) is 5.44. The molecule has 0 radical (unpaired) electrons. The molecule has 1 aliphatic rings. The van der Waals surface area contributed by atoms with Crippen molar-refractivity contribution >= 4 is 0 Å². The summed E-state index contributed by atoms with van der Waals surface area (Å²) in [5.74, 6) is 1.58. The lowest BCUT2D eigenvalue weighted by molar-refractivity contribution is 0.0711. The normalized spacial score (nSPS) is 25.4. The minimum Gasteiger partial charge on any atom is -0.497 e. The van der Waals surface area contributed by atoms with E-state index >= 15 is 0 Å². The van der Waals surface area contributed by atoms with E-state index in [4.69, 9.17) is 10.5 Å². The molecule has 0 aromatic heterocycles. The standard InChI is InChI=1S/C17H28N2O/c1-4-17(15-7-9-16(20-3)10-8-15)19-12-14(11-18)6-5-13(19)2/h7-10,13-14,17H,4-6,11-12,18H2,1-3H3. The third-order valence-electron chi connectivity index (χ3n) is 4.65. The number of piperidine rings is 1. The number of hydrogen-bond donors (Lipinski definition) is 1. The minimum atomic E-state index is 0.491. The summed E-state index contributed by atoms with van der Waals surface area (Å²) in [6.07, 6.45) is 3.66. The number of likely N-dealkylation sites (tertiary alicyclic amines) is 1. The Hall–Kier alpha value is -1.06. The fourth-order valence-corrected chi connectivity index (χ4v) is 3.33. The molecule has 1 fully saturated rings. The van der Waals surface area contributed by atoms with Crippen molar-refractivity contribution in [3.8, 4) is 5.75 Å². The van der Waals surface area contributed by atoms with Gasteiger partial charge < -0.3 is 10.5 Å². The Bertz CT molecular complexity index is 404. The van der Waals surface area contributed by atoms with Gasteiger partial charge in [-0.25, -0.2) is 0 Å². The molecule has 1 aliphatic heterocycles. The number of ether oxygens (including phenoxy) is 1. The van der Waals surface area contributed by atoms with Gasteiger partial charge in [-0.15, -0.1) is 0 Å². The van der Waals surface area contributed by atoms with Gasteiger partial charge in [-0.3, -0.25) is 4.90 Å². The Morgan fingerprint density at radius 1 is 1.30 bits per heavy atom. The predicted molar refractivity (Wildman–Crippen MR) is 84.0 cm³/mol. The van der Waals surface area contributed by atoms with Crippen molar-refractivity contribution in [1.29, 1.82) is 0 Å². The first-order valence-corrected chi connectivity index (χ1v) is 7.79. The third kappa shape index (κ3) is 3.33. The van der Waals surface area contributed by atoms with Crippen LogP contribution in [0.2, 0.25) is 0 Å². The molecule has 0 spiro atoms. The van der Waals surface area contributed by atoms with Crippen LogP contribution in [0.15, 0.2) is 24.3 Å². The van der Waals surface area contributed by atoms with Crippen LogP contribution in [0.25, 0.3) is 0 Å². The first-order valence-electron chi connectivity index (χ1n) is 7.79. The average molecular weight is 276 g/mol. The molecule has 1 aromatic rings. The van der Waals surface area contributed by atoms with Crippen LogP contribution in [0.1, 0.15) is 44.7 Å². The molecule has 2 rings (SSSR count). The summed E-state index contributed by atoms with van der Waals surface area (Å²) >= 11 is 0. The van der Waals surface area contributed by atoms with Crippen LogP contribution in [0.4, 0.5) is 0 Å². The molecule has 3 unspecified atom stereocenters. The van der Waals surface area contributed by atoms with Gasteiger partial charge in [0.2, 0.25) is 0 Å². The van der Waals surface area contributed by atoms with Gasteiger partial charge in [0.1, 0.15) is 5.75 Å². The van der Waals surface area contributed by atoms with E-state index in [1.165, 1.54) is 18.4 Å². The van der Waals surface area contributed by atoms with Gasteiger partial charge in [0, 0.05) is 18.6 Å². The third-order valence-corrected chi connectivity index (χ3v) is 4.65. The van der Waals surface area contributed by atoms with Gasteiger partial charge in [-0.2, -0.15) is 0 Å². The van der Waals surface area contributed by atoms with E-state index in [-0.39, 0.29) is 0 Å². The van der Waals surface area contributed by atoms with Crippen molar-refractivity contribution < 1.29 is 4.74 Å². The molecule has 112 valence electrons. The maximum absolute atomic E-state index is 5.89. The molecule has 2 N–H and O–H groups in total. The molecule has 1 saturated heterocycles. The second-order valence-corrected chi connectivity index (χ2v) is 5.92. The van der Waals surface area contributed by atoms with Crippen molar-refractivity contribution in [2.45, 2.75) is 45.2 Å². The van der Waals surface area contributed by atoms with Gasteiger partial charge in [0.25, 0.3) is 0 Å². The number of methoxy groups -OCH3 is 1. The van der Waals surface area contributed by atoms with Crippen LogP contribution >= 0.6 is 0 Å². The lowest BCUT2D eigenvalue weighted by Gasteiger charge is -2.42. The van der Waals surface area contributed by atoms with Crippen molar-refractivity contribution in [2.24, 2.45) is 11.7 Å². The van der Waals surface area contributed by atoms with Crippen LogP contribution in [-0.2, 0) is 0 Å². The van der Waals surface area contributed by atoms with Gasteiger partial charge in [0.05, 0.1) is 7.11 Å². The molecule has 3 nitrogen and oxygen atoms in total. The summed E-state index contributed by atoms with van der Waals surface area (Å²) in [4.78, 5) is 2.64. The number of benzene rings is 1. The van der Waals surface area contributed by atoms with Crippen LogP contribution in [-0.4, -0.2) is 31.1 Å². The van der Waals surface area contributed by atoms with Crippen LogP contribution < -0.4 is 10.5 Å². The van der Waals surface area contributed by atoms with Crippen LogP contribution in [0, 0.1) is 5.92 Å². The Morgan fingerprint density at radius 2 is 2.00 bits per heavy atom. The molecule has 1 aromatic carbocycles. The van der Waals surface area contributed by atoms with Gasteiger partial charge >= 0.3 is 0 Å². The number of nitrogens with two attached hydrogens (primary N) is 1. The van der Waals surface area contributed by atoms with Gasteiger partial charge in [-0.05, 0) is 56.3 Å². The van der Waals surface area contributed by atoms with Crippen molar-refractivity contribution in [2.75, 3.05) is 20.2 Å². The summed E-state index contributed by atoms with van der Waals surface area (Å²) in [5.41, 5.74) is 7.27. The molecule has 3 heteroatoms. The fourth-order valence-electron chi connectivity index (χ4n) is 3.33. The summed E-state index contributed by atoms with van der Waals surface area (Å²) in [6.45, 7) is 6.55. The smallest absolute Gasteiger partial charge is 0.118 e. The first-order chi connectivity index (χ1) is 9.69. The van der Waals surface area contributed by atoms with Crippen LogP contribution in [0.5, 0.6) is 5.75 Å². The van der Waals surface area contributed by atoms with E-state index in [1.54, 1.807) is 7.11 Å². The van der Waals surface area contributed by atoms with E-state index in [0.717, 1.165) is 25.3 Å². The molecule has 20 heavy (non-hydrogen) atoms. The van der Waals surface area contributed by atoms with Crippen molar-refractivity contribution in [1.82, 2.24) is 4.90 Å². The van der Waals surface area contributed by atoms with E-state index < -0.39 is 0 Å². The highest BCUT2D eigenvalue weighted by molar-refractivity contribution is 5.29. The molecular weight excluding hydrogens is 248 g/mol. The quantitative estimate of drug-likeness (QED) is 0.897. The van der Waals surface area contributed by atoms with Crippen molar-refractivity contribution in [3.63, 3.8) is 0 Å². The Labute approximate surface area is 123 Å². The topological polar surface area (TPSA) is 38.5 Å². The summed E-state index contributed by atoms with van der Waals surface area (Å²) in [5, 5.41) is 0. The van der Waals surface area contributed by atoms with Crippen molar-refractivity contribution in [3.05, 3.63) is 29.8 Å². The van der Waals surface area contributed by atoms with E-state index in [0.29, 0.717) is 18.0 Å². The van der Waals surface area contributed by atoms with Gasteiger partial charge in [0.15, 0.2) is 0 Å². The number of nitrogens with zero attached hydrogens (tertiary/aromatic N) is 1. The van der Waals surface area contributed by atoms with E-state index in [9.17, 15) is 0 Å². The fraction of sp³-hybridized carbons (Fsp3) is 0.647. The molecular formula is C17H28N2O. The summed E-state index contributed by atoms with van der Waals surface area (Å²) < 4.78 is 5.25. The van der Waals surface area contributed by atoms with E-state index in [2.05, 4.69) is 43.0 Å². The molecule has 0 aliphatic carbocycles. The molecule has 0 saturated carbocycles. The lowest BCUT2D eigenvalue weighted by atomic mass is 9.90. The monoisotopic (exact) mass is 276 g/mol. The van der Waals surface area contributed by atoms with Crippen LogP contribution in [0.3, 0.4) is 0 Å². The molecule has 3 atom stereocenters. The molecule has 0 bridgehead atoms. The second-order valence-electron chi connectivity index (χ2n) is 5.92. The zero-order valence-corrected chi connectivity index (χ0v) is 13.0. The lowest BCUT2D eigenvalue weighted by Crippen LogP contribution is -2.45. The first kappa shape index (κ1) is 15.3. The Balaban J connectivity index is 2.16.